The third-order valence-corrected chi connectivity index (χ3v) is 3.56. The van der Waals surface area contributed by atoms with Gasteiger partial charge in [0.1, 0.15) is 5.69 Å². The van der Waals surface area contributed by atoms with E-state index in [0.29, 0.717) is 24.2 Å². The van der Waals surface area contributed by atoms with Crippen LogP contribution in [-0.4, -0.2) is 22.5 Å². The van der Waals surface area contributed by atoms with Crippen LogP contribution in [0.1, 0.15) is 28.6 Å². The van der Waals surface area contributed by atoms with Crippen LogP contribution in [0, 0.1) is 0 Å². The summed E-state index contributed by atoms with van der Waals surface area (Å²) in [5, 5.41) is 13.8. The smallest absolute Gasteiger partial charge is 0.268 e. The average Bonchev–Trinajstić information content (AvgIpc) is 2.60. The lowest BCUT2D eigenvalue weighted by Crippen LogP contribution is -2.23. The molecule has 3 N–H and O–H groups in total. The fourth-order valence-electron chi connectivity index (χ4n) is 2.27. The topological polar surface area (TPSA) is 65.1 Å². The second-order valence-electron chi connectivity index (χ2n) is 4.16. The second kappa shape index (κ2) is 3.85. The Kier molecular flexibility index (Phi) is 2.45. The first kappa shape index (κ1) is 10.8. The minimum absolute atomic E-state index is 0.149. The molecule has 0 saturated carbocycles. The fraction of sp³-hybridized carbons (Fsp3) is 0.250. The minimum atomic E-state index is -0.605. The second-order valence-corrected chi connectivity index (χ2v) is 5.08. The summed E-state index contributed by atoms with van der Waals surface area (Å²) >= 11 is 3.40. The maximum Gasteiger partial charge on any atom is 0.268 e. The molecule has 2 aromatic rings. The number of aliphatic hydroxyl groups excluding tert-OH is 1. The van der Waals surface area contributed by atoms with Crippen LogP contribution in [-0.2, 0) is 0 Å². The average molecular weight is 295 g/mol. The number of benzene rings is 1. The van der Waals surface area contributed by atoms with Gasteiger partial charge in [-0.1, -0.05) is 15.9 Å². The van der Waals surface area contributed by atoms with Gasteiger partial charge in [-0.2, -0.15) is 0 Å². The Bertz CT molecular complexity index is 606. The zero-order chi connectivity index (χ0) is 12.0. The van der Waals surface area contributed by atoms with Crippen molar-refractivity contribution in [3.05, 3.63) is 33.9 Å². The molecule has 2 heterocycles. The third-order valence-electron chi connectivity index (χ3n) is 3.06. The summed E-state index contributed by atoms with van der Waals surface area (Å²) in [4.78, 5) is 14.9. The molecule has 0 fully saturated rings. The molecule has 1 unspecified atom stereocenters. The fourth-order valence-corrected chi connectivity index (χ4v) is 2.63. The molecule has 0 aliphatic carbocycles. The van der Waals surface area contributed by atoms with Crippen LogP contribution < -0.4 is 5.32 Å². The summed E-state index contributed by atoms with van der Waals surface area (Å²) in [5.41, 5.74) is 2.05. The van der Waals surface area contributed by atoms with E-state index >= 15 is 0 Å². The Morgan fingerprint density at radius 1 is 1.41 bits per heavy atom. The maximum atomic E-state index is 11.8. The number of fused-ring (bicyclic) bond motifs is 3. The van der Waals surface area contributed by atoms with Gasteiger partial charge in [-0.25, -0.2) is 0 Å². The molecule has 1 aliphatic rings. The number of hydrogen-bond acceptors (Lipinski definition) is 2. The first-order chi connectivity index (χ1) is 8.16. The molecule has 0 bridgehead atoms. The molecule has 1 aromatic carbocycles. The number of carbonyl (C=O) groups excluding carboxylic acids is 1. The maximum absolute atomic E-state index is 11.8. The number of aromatic amines is 1. The van der Waals surface area contributed by atoms with Crippen LogP contribution in [0.4, 0.5) is 0 Å². The van der Waals surface area contributed by atoms with Crippen molar-refractivity contribution in [3.63, 3.8) is 0 Å². The number of H-pyrrole nitrogens is 1. The van der Waals surface area contributed by atoms with Gasteiger partial charge in [-0.05, 0) is 24.6 Å². The highest BCUT2D eigenvalue weighted by Crippen LogP contribution is 2.32. The summed E-state index contributed by atoms with van der Waals surface area (Å²) < 4.78 is 0.934. The zero-order valence-corrected chi connectivity index (χ0v) is 10.5. The summed E-state index contributed by atoms with van der Waals surface area (Å²) in [5.74, 6) is -0.149. The summed E-state index contributed by atoms with van der Waals surface area (Å²) in [6.07, 6.45) is -0.0647. The molecule has 1 aromatic heterocycles. The highest BCUT2D eigenvalue weighted by molar-refractivity contribution is 9.10. The van der Waals surface area contributed by atoms with E-state index in [9.17, 15) is 9.90 Å². The number of halogens is 1. The lowest BCUT2D eigenvalue weighted by atomic mass is 10.0. The lowest BCUT2D eigenvalue weighted by molar-refractivity contribution is 0.0951. The van der Waals surface area contributed by atoms with Crippen LogP contribution in [0.3, 0.4) is 0 Å². The van der Waals surface area contributed by atoms with Crippen LogP contribution in [0.25, 0.3) is 10.9 Å². The number of aliphatic hydroxyl groups is 1. The van der Waals surface area contributed by atoms with Crippen molar-refractivity contribution in [2.75, 3.05) is 6.54 Å². The Morgan fingerprint density at radius 3 is 3.06 bits per heavy atom. The molecular weight excluding hydrogens is 284 g/mol. The Balaban J connectivity index is 2.34. The molecule has 17 heavy (non-hydrogen) atoms. The summed E-state index contributed by atoms with van der Waals surface area (Å²) in [6, 6.07) is 5.73. The number of nitrogens with one attached hydrogen (secondary N) is 2. The van der Waals surface area contributed by atoms with Crippen LogP contribution in [0.15, 0.2) is 22.7 Å². The van der Waals surface area contributed by atoms with Crippen LogP contribution in [0.2, 0.25) is 0 Å². The summed E-state index contributed by atoms with van der Waals surface area (Å²) in [6.45, 7) is 0.498. The van der Waals surface area contributed by atoms with Crippen molar-refractivity contribution in [3.8, 4) is 0 Å². The standard InChI is InChI=1S/C12H11BrN2O2/c13-6-1-2-8-7(5-6)10-9(16)3-4-14-12(17)11(10)15-8/h1-2,5,9,15-16H,3-4H2,(H,14,17). The first-order valence-corrected chi connectivity index (χ1v) is 6.23. The number of amides is 1. The van der Waals surface area contributed by atoms with Crippen molar-refractivity contribution >= 4 is 32.7 Å². The van der Waals surface area contributed by atoms with Gasteiger partial charge < -0.3 is 15.4 Å². The van der Waals surface area contributed by atoms with E-state index in [-0.39, 0.29) is 5.91 Å². The minimum Gasteiger partial charge on any atom is -0.388 e. The normalized spacial score (nSPS) is 19.9. The number of rotatable bonds is 0. The van der Waals surface area contributed by atoms with Gasteiger partial charge in [0.05, 0.1) is 6.10 Å². The predicted octanol–water partition coefficient (Wildman–Crippen LogP) is 2.10. The molecule has 1 atom stereocenters. The van der Waals surface area contributed by atoms with E-state index in [1.165, 1.54) is 0 Å². The SMILES string of the molecule is O=C1NCCC(O)c2c1[nH]c1ccc(Br)cc21. The number of aromatic nitrogens is 1. The van der Waals surface area contributed by atoms with Crippen LogP contribution >= 0.6 is 15.9 Å². The van der Waals surface area contributed by atoms with E-state index in [2.05, 4.69) is 26.2 Å². The van der Waals surface area contributed by atoms with Crippen molar-refractivity contribution < 1.29 is 9.90 Å². The van der Waals surface area contributed by atoms with Gasteiger partial charge >= 0.3 is 0 Å². The van der Waals surface area contributed by atoms with Gasteiger partial charge in [-0.15, -0.1) is 0 Å². The summed E-state index contributed by atoms with van der Waals surface area (Å²) in [7, 11) is 0. The molecule has 88 valence electrons. The highest BCUT2D eigenvalue weighted by Gasteiger charge is 2.26. The van der Waals surface area contributed by atoms with Gasteiger partial charge in [0.2, 0.25) is 0 Å². The van der Waals surface area contributed by atoms with Crippen molar-refractivity contribution in [2.24, 2.45) is 0 Å². The van der Waals surface area contributed by atoms with Crippen LogP contribution in [0.5, 0.6) is 0 Å². The highest BCUT2D eigenvalue weighted by atomic mass is 79.9. The van der Waals surface area contributed by atoms with E-state index in [4.69, 9.17) is 0 Å². The zero-order valence-electron chi connectivity index (χ0n) is 8.96. The quantitative estimate of drug-likeness (QED) is 0.697. The predicted molar refractivity (Wildman–Crippen MR) is 67.9 cm³/mol. The Morgan fingerprint density at radius 2 is 2.24 bits per heavy atom. The molecular formula is C12H11BrN2O2. The molecule has 4 nitrogen and oxygen atoms in total. The van der Waals surface area contributed by atoms with E-state index in [0.717, 1.165) is 15.4 Å². The van der Waals surface area contributed by atoms with E-state index in [1.807, 2.05) is 18.2 Å². The number of carbonyl (C=O) groups is 1. The molecule has 0 radical (unpaired) electrons. The van der Waals surface area contributed by atoms with Gasteiger partial charge in [0.15, 0.2) is 0 Å². The van der Waals surface area contributed by atoms with E-state index < -0.39 is 6.10 Å². The van der Waals surface area contributed by atoms with Gasteiger partial charge in [0, 0.05) is 27.5 Å². The Hall–Kier alpha value is -1.33. The molecule has 0 saturated heterocycles. The molecule has 1 aliphatic heterocycles. The molecule has 3 rings (SSSR count). The largest absolute Gasteiger partial charge is 0.388 e. The van der Waals surface area contributed by atoms with Crippen molar-refractivity contribution in [1.29, 1.82) is 0 Å². The molecule has 0 spiro atoms. The van der Waals surface area contributed by atoms with Crippen molar-refractivity contribution in [1.82, 2.24) is 10.3 Å². The monoisotopic (exact) mass is 294 g/mol. The number of hydrogen-bond donors (Lipinski definition) is 3. The molecule has 5 heteroatoms. The Labute approximate surface area is 106 Å². The lowest BCUT2D eigenvalue weighted by Gasteiger charge is -2.06. The van der Waals surface area contributed by atoms with E-state index in [1.54, 1.807) is 0 Å². The molecule has 1 amide bonds. The van der Waals surface area contributed by atoms with Gasteiger partial charge in [0.25, 0.3) is 5.91 Å². The van der Waals surface area contributed by atoms with Crippen molar-refractivity contribution in [2.45, 2.75) is 12.5 Å². The first-order valence-electron chi connectivity index (χ1n) is 5.44. The van der Waals surface area contributed by atoms with Gasteiger partial charge in [-0.3, -0.25) is 4.79 Å². The third kappa shape index (κ3) is 1.66.